The quantitative estimate of drug-likeness (QED) is 0.0759. The molecule has 55 heavy (non-hydrogen) atoms. The van der Waals surface area contributed by atoms with Crippen LogP contribution in [-0.2, 0) is 4.74 Å². The summed E-state index contributed by atoms with van der Waals surface area (Å²) in [5.74, 6) is -2.57. The fourth-order valence-corrected chi connectivity index (χ4v) is 9.09. The molecule has 2 bridgehead atoms. The van der Waals surface area contributed by atoms with E-state index in [0.29, 0.717) is 56.8 Å². The topological polar surface area (TPSA) is 119 Å². The summed E-state index contributed by atoms with van der Waals surface area (Å²) in [6.45, 7) is 7.20. The summed E-state index contributed by atoms with van der Waals surface area (Å²) in [4.78, 5) is 18.0. The largest absolute Gasteiger partial charge is 0.508 e. The molecule has 3 atom stereocenters. The molecule has 2 aromatic carbocycles. The van der Waals surface area contributed by atoms with Gasteiger partial charge in [0.25, 0.3) is 5.92 Å². The molecule has 0 amide bonds. The summed E-state index contributed by atoms with van der Waals surface area (Å²) in [5.41, 5.74) is -1.34. The van der Waals surface area contributed by atoms with Crippen molar-refractivity contribution >= 4 is 29.0 Å². The number of piperazine rings is 1. The average Bonchev–Trinajstić information content (AvgIpc) is 4.06. The van der Waals surface area contributed by atoms with Crippen LogP contribution in [0, 0.1) is 52.1 Å². The van der Waals surface area contributed by atoms with Crippen LogP contribution in [0.3, 0.4) is 0 Å². The second kappa shape index (κ2) is 14.1. The van der Waals surface area contributed by atoms with Gasteiger partial charge in [-0.2, -0.15) is 5.26 Å². The lowest BCUT2D eigenvalue weighted by Crippen LogP contribution is -2.53. The maximum Gasteiger partial charge on any atom is 0.253 e. The van der Waals surface area contributed by atoms with Gasteiger partial charge >= 0.3 is 0 Å². The molecule has 2 aliphatic carbocycles. The third-order valence-electron chi connectivity index (χ3n) is 12.3. The number of aliphatic imine (C=N–C) groups is 2. The molecule has 3 aromatic rings. The number of phenols is 1. The van der Waals surface area contributed by atoms with Crippen molar-refractivity contribution in [2.24, 2.45) is 26.7 Å². The summed E-state index contributed by atoms with van der Waals surface area (Å²) in [5, 5.41) is 24.6. The van der Waals surface area contributed by atoms with Crippen molar-refractivity contribution < 1.29 is 32.1 Å². The molecule has 10 nitrogen and oxygen atoms in total. The molecule has 5 aliphatic rings. The highest BCUT2D eigenvalue weighted by Crippen LogP contribution is 2.61. The number of fused-ring (bicyclic) bond motifs is 3. The van der Waals surface area contributed by atoms with Crippen LogP contribution in [0.25, 0.3) is 22.0 Å². The first-order valence-corrected chi connectivity index (χ1v) is 18.7. The monoisotopic (exact) mass is 757 g/mol. The van der Waals surface area contributed by atoms with Gasteiger partial charge in [0, 0.05) is 60.4 Å². The first-order valence-electron chi connectivity index (χ1n) is 18.7. The Morgan fingerprint density at radius 2 is 1.85 bits per heavy atom. The molecule has 5 fully saturated rings. The number of amidine groups is 1. The van der Waals surface area contributed by atoms with Crippen molar-refractivity contribution in [2.75, 3.05) is 53.2 Å². The third kappa shape index (κ3) is 6.79. The lowest BCUT2D eigenvalue weighted by Gasteiger charge is -2.39. The second-order valence-corrected chi connectivity index (χ2v) is 15.9. The Balaban J connectivity index is 1.07. The smallest absolute Gasteiger partial charge is 0.253 e. The van der Waals surface area contributed by atoms with E-state index in [9.17, 15) is 23.5 Å². The van der Waals surface area contributed by atoms with E-state index in [1.165, 1.54) is 31.4 Å². The number of likely N-dealkylation sites (tertiary alicyclic amines) is 2. The highest BCUT2D eigenvalue weighted by Gasteiger charge is 2.67. The van der Waals surface area contributed by atoms with Crippen LogP contribution < -0.4 is 10.1 Å². The molecule has 0 radical (unpaired) electrons. The number of hydrogen-bond acceptors (Lipinski definition) is 9. The van der Waals surface area contributed by atoms with Crippen molar-refractivity contribution in [1.29, 1.82) is 5.26 Å². The summed E-state index contributed by atoms with van der Waals surface area (Å²) < 4.78 is 71.7. The molecule has 14 heteroatoms. The number of terminal acetylenes is 1. The minimum absolute atomic E-state index is 0.000232. The Morgan fingerprint density at radius 1 is 1.15 bits per heavy atom. The molecule has 2 N–H and O–H groups in total. The van der Waals surface area contributed by atoms with Crippen molar-refractivity contribution in [3.8, 4) is 41.3 Å². The van der Waals surface area contributed by atoms with E-state index in [2.05, 4.69) is 43.8 Å². The zero-order chi connectivity index (χ0) is 38.7. The minimum atomic E-state index is -2.72. The Morgan fingerprint density at radius 3 is 2.45 bits per heavy atom. The van der Waals surface area contributed by atoms with Gasteiger partial charge in [0.2, 0.25) is 5.88 Å². The van der Waals surface area contributed by atoms with Gasteiger partial charge in [0.15, 0.2) is 5.82 Å². The zero-order valence-electron chi connectivity index (χ0n) is 30.7. The van der Waals surface area contributed by atoms with Gasteiger partial charge in [0.1, 0.15) is 41.1 Å². The van der Waals surface area contributed by atoms with Gasteiger partial charge in [-0.15, -0.1) is 6.42 Å². The number of benzene rings is 2. The summed E-state index contributed by atoms with van der Waals surface area (Å²) in [7, 11) is 1.40. The average molecular weight is 758 g/mol. The van der Waals surface area contributed by atoms with Crippen LogP contribution in [0.5, 0.6) is 11.6 Å². The van der Waals surface area contributed by atoms with Crippen molar-refractivity contribution in [2.45, 2.75) is 63.0 Å². The summed E-state index contributed by atoms with van der Waals surface area (Å²) in [6, 6.07) is 7.98. The number of nitriles is 1. The van der Waals surface area contributed by atoms with E-state index < -0.39 is 28.9 Å². The molecule has 0 spiro atoms. The number of halogens is 4. The number of nitrogens with one attached hydrogen (secondary N) is 1. The van der Waals surface area contributed by atoms with Crippen LogP contribution in [0.2, 0.25) is 0 Å². The number of nitrogens with zero attached hydrogens (tertiary/aromatic N) is 6. The Hall–Kier alpha value is -4.76. The number of piperidine rings is 1. The Kier molecular flexibility index (Phi) is 9.51. The van der Waals surface area contributed by atoms with E-state index in [4.69, 9.17) is 20.9 Å². The molecule has 3 aliphatic heterocycles. The molecule has 3 unspecified atom stereocenters. The Bertz CT molecular complexity index is 2140. The number of alkyl halides is 2. The van der Waals surface area contributed by atoms with E-state index in [0.717, 1.165) is 32.2 Å². The normalized spacial score (nSPS) is 25.0. The Labute approximate surface area is 317 Å². The highest BCUT2D eigenvalue weighted by atomic mass is 19.3. The first-order chi connectivity index (χ1) is 26.4. The van der Waals surface area contributed by atoms with Gasteiger partial charge in [-0.25, -0.2) is 27.5 Å². The highest BCUT2D eigenvalue weighted by molar-refractivity contribution is 6.07. The fourth-order valence-electron chi connectivity index (χ4n) is 9.09. The van der Waals surface area contributed by atoms with E-state index in [1.54, 1.807) is 0 Å². The third-order valence-corrected chi connectivity index (χ3v) is 12.3. The minimum Gasteiger partial charge on any atom is -0.508 e. The van der Waals surface area contributed by atoms with Gasteiger partial charge in [0.05, 0.1) is 30.8 Å². The number of hydrogen-bond donors (Lipinski definition) is 2. The number of phenolic OH excluding ortho intramolecular Hbond substituents is 1. The molecular formula is C41H43F4N7O3. The molecule has 1 aromatic heterocycles. The number of aromatic hydroxyl groups is 1. The maximum atomic E-state index is 16.9. The molecular weight excluding hydrogens is 714 g/mol. The van der Waals surface area contributed by atoms with Crippen molar-refractivity contribution in [1.82, 2.24) is 20.1 Å². The maximum absolute atomic E-state index is 16.9. The number of methoxy groups -OCH3 is 1. The fraction of sp³-hybridized carbons (Fsp3) is 0.512. The van der Waals surface area contributed by atoms with Gasteiger partial charge < -0.3 is 29.7 Å². The van der Waals surface area contributed by atoms with Crippen LogP contribution in [0.1, 0.15) is 56.1 Å². The number of pyridine rings is 1. The van der Waals surface area contributed by atoms with Crippen molar-refractivity contribution in [3.05, 3.63) is 47.0 Å². The second-order valence-electron chi connectivity index (χ2n) is 15.9. The van der Waals surface area contributed by atoms with Crippen LogP contribution >= 0.6 is 0 Å². The van der Waals surface area contributed by atoms with E-state index in [1.807, 2.05) is 0 Å². The molecule has 8 rings (SSSR count). The number of aromatic nitrogens is 1. The SMILES string of the molecule is C#Cc1c(F)ccc2cc(O)cc(-c3nc(OC)c(/C(=N\COCC4(CN5CCC(C#N)(C6CC6(F)F)CC5)CC4)N4CC5CCC(C4)N5)c(N=C)c3F)c12. The molecule has 2 saturated carbocycles. The lowest BCUT2D eigenvalue weighted by molar-refractivity contribution is 0.0294. The van der Waals surface area contributed by atoms with Gasteiger partial charge in [-0.05, 0) is 81.9 Å². The lowest BCUT2D eigenvalue weighted by atomic mass is 9.75. The predicted octanol–water partition coefficient (Wildman–Crippen LogP) is 6.41. The molecule has 4 heterocycles. The van der Waals surface area contributed by atoms with Crippen LogP contribution in [0.4, 0.5) is 23.2 Å². The number of ether oxygens (including phenoxy) is 2. The summed E-state index contributed by atoms with van der Waals surface area (Å²) in [6.07, 6.45) is 10.3. The zero-order valence-corrected chi connectivity index (χ0v) is 30.7. The van der Waals surface area contributed by atoms with Gasteiger partial charge in [-0.3, -0.25) is 4.99 Å². The standard InChI is InChI=1S/C41H43F4N7O3/c1-4-28-30(42)8-5-24-15-27(53)16-29(32(24)28)35-34(43)36(47-2)33(38(50-35)54-3)37(52-18-25-6-7-26(19-52)49-25)48-23-55-22-39(9-10-39)21-51-13-11-40(20-46,12-14-51)31-17-41(31,44)45/h1,5,8,15-16,25-26,31,49,53H,2,6-7,9-14,17-19,21-23H2,3H3/b48-37+. The molecule has 3 saturated heterocycles. The van der Waals surface area contributed by atoms with Gasteiger partial charge in [-0.1, -0.05) is 12.0 Å². The summed E-state index contributed by atoms with van der Waals surface area (Å²) >= 11 is 0. The van der Waals surface area contributed by atoms with E-state index >= 15 is 4.39 Å². The van der Waals surface area contributed by atoms with E-state index in [-0.39, 0.29) is 75.7 Å². The van der Waals surface area contributed by atoms with Crippen LogP contribution in [0.15, 0.2) is 34.3 Å². The number of rotatable bonds is 11. The van der Waals surface area contributed by atoms with Crippen LogP contribution in [-0.4, -0.2) is 104 Å². The predicted molar refractivity (Wildman–Crippen MR) is 200 cm³/mol. The molecule has 288 valence electrons. The van der Waals surface area contributed by atoms with Crippen molar-refractivity contribution in [3.63, 3.8) is 0 Å². The first kappa shape index (κ1) is 37.2.